The number of hydrogen-bond acceptors (Lipinski definition) is 3. The molecule has 1 heterocycles. The molecule has 0 aliphatic rings. The van der Waals surface area contributed by atoms with E-state index in [2.05, 4.69) is 10.2 Å². The number of aromatic amines is 1. The van der Waals surface area contributed by atoms with E-state index in [1.54, 1.807) is 6.07 Å². The van der Waals surface area contributed by atoms with E-state index in [-0.39, 0.29) is 11.1 Å². The standard InChI is InChI=1S/C9H6N2O3/c12-4-7-5(9(13)14)1-2-8-6(7)3-10-11-8/h1-4H,(H,10,11)(H,13,14). The Hall–Kier alpha value is -2.17. The number of benzene rings is 1. The minimum atomic E-state index is -1.12. The van der Waals surface area contributed by atoms with E-state index >= 15 is 0 Å². The van der Waals surface area contributed by atoms with Gasteiger partial charge in [0, 0.05) is 10.9 Å². The quantitative estimate of drug-likeness (QED) is 0.694. The summed E-state index contributed by atoms with van der Waals surface area (Å²) in [6.45, 7) is 0. The molecular weight excluding hydrogens is 184 g/mol. The van der Waals surface area contributed by atoms with E-state index < -0.39 is 5.97 Å². The molecule has 5 heteroatoms. The van der Waals surface area contributed by atoms with Crippen molar-refractivity contribution in [3.05, 3.63) is 29.5 Å². The van der Waals surface area contributed by atoms with Gasteiger partial charge in [-0.1, -0.05) is 0 Å². The minimum absolute atomic E-state index is 0.00565. The number of rotatable bonds is 2. The van der Waals surface area contributed by atoms with Crippen LogP contribution < -0.4 is 0 Å². The van der Waals surface area contributed by atoms with Crippen molar-refractivity contribution in [1.29, 1.82) is 0 Å². The summed E-state index contributed by atoms with van der Waals surface area (Å²) in [5.41, 5.74) is 0.801. The maximum atomic E-state index is 10.8. The maximum absolute atomic E-state index is 10.8. The Morgan fingerprint density at radius 3 is 2.93 bits per heavy atom. The predicted molar refractivity (Wildman–Crippen MR) is 48.4 cm³/mol. The average molecular weight is 190 g/mol. The van der Waals surface area contributed by atoms with Crippen LogP contribution in [0.3, 0.4) is 0 Å². The van der Waals surface area contributed by atoms with Crippen molar-refractivity contribution in [2.45, 2.75) is 0 Å². The first kappa shape index (κ1) is 8.43. The Kier molecular flexibility index (Phi) is 1.78. The van der Waals surface area contributed by atoms with E-state index in [0.717, 1.165) is 0 Å². The predicted octanol–water partition coefficient (Wildman–Crippen LogP) is 1.07. The van der Waals surface area contributed by atoms with Crippen LogP contribution in [0, 0.1) is 0 Å². The van der Waals surface area contributed by atoms with Gasteiger partial charge in [-0.3, -0.25) is 9.89 Å². The Morgan fingerprint density at radius 1 is 1.50 bits per heavy atom. The van der Waals surface area contributed by atoms with Crippen LogP contribution in [0.5, 0.6) is 0 Å². The molecule has 0 aliphatic carbocycles. The lowest BCUT2D eigenvalue weighted by atomic mass is 10.0. The van der Waals surface area contributed by atoms with Crippen LogP contribution in [-0.4, -0.2) is 27.6 Å². The van der Waals surface area contributed by atoms with Crippen molar-refractivity contribution in [2.24, 2.45) is 0 Å². The monoisotopic (exact) mass is 190 g/mol. The van der Waals surface area contributed by atoms with Crippen molar-refractivity contribution < 1.29 is 14.7 Å². The Balaban J connectivity index is 2.85. The van der Waals surface area contributed by atoms with Gasteiger partial charge in [-0.15, -0.1) is 0 Å². The number of fused-ring (bicyclic) bond motifs is 1. The van der Waals surface area contributed by atoms with Crippen LogP contribution in [0.4, 0.5) is 0 Å². The zero-order valence-corrected chi connectivity index (χ0v) is 7.02. The number of carbonyl (C=O) groups excluding carboxylic acids is 1. The molecule has 5 nitrogen and oxygen atoms in total. The SMILES string of the molecule is O=Cc1c(C(=O)O)ccc2[nH]ncc12. The molecule has 14 heavy (non-hydrogen) atoms. The maximum Gasteiger partial charge on any atom is 0.336 e. The molecule has 0 amide bonds. The molecule has 0 aliphatic heterocycles. The average Bonchev–Trinajstić information content (AvgIpc) is 2.63. The zero-order chi connectivity index (χ0) is 10.1. The number of carboxylic acid groups (broad SMARTS) is 1. The van der Waals surface area contributed by atoms with Crippen LogP contribution in [0.15, 0.2) is 18.3 Å². The third-order valence-electron chi connectivity index (χ3n) is 2.01. The van der Waals surface area contributed by atoms with E-state index in [1.807, 2.05) is 0 Å². The van der Waals surface area contributed by atoms with Crippen molar-refractivity contribution in [3.63, 3.8) is 0 Å². The molecule has 1 aromatic heterocycles. The molecule has 0 bridgehead atoms. The number of carbonyl (C=O) groups is 2. The van der Waals surface area contributed by atoms with Gasteiger partial charge in [-0.2, -0.15) is 5.10 Å². The van der Waals surface area contributed by atoms with Gasteiger partial charge in [-0.25, -0.2) is 4.79 Å². The molecule has 0 fully saturated rings. The molecule has 0 radical (unpaired) electrons. The lowest BCUT2D eigenvalue weighted by molar-refractivity contribution is 0.0694. The van der Waals surface area contributed by atoms with Crippen LogP contribution in [0.25, 0.3) is 10.9 Å². The summed E-state index contributed by atoms with van der Waals surface area (Å²) in [5.74, 6) is -1.12. The van der Waals surface area contributed by atoms with E-state index in [1.165, 1.54) is 12.3 Å². The topological polar surface area (TPSA) is 83.0 Å². The number of nitrogens with one attached hydrogen (secondary N) is 1. The van der Waals surface area contributed by atoms with Gasteiger partial charge in [0.2, 0.25) is 0 Å². The molecule has 0 atom stereocenters. The van der Waals surface area contributed by atoms with Gasteiger partial charge in [0.25, 0.3) is 0 Å². The van der Waals surface area contributed by atoms with Crippen molar-refractivity contribution >= 4 is 23.2 Å². The van der Waals surface area contributed by atoms with Gasteiger partial charge in [0.15, 0.2) is 6.29 Å². The highest BCUT2D eigenvalue weighted by molar-refractivity contribution is 6.06. The number of nitrogens with zero attached hydrogens (tertiary/aromatic N) is 1. The molecule has 0 spiro atoms. The fraction of sp³-hybridized carbons (Fsp3) is 0. The number of aromatic nitrogens is 2. The van der Waals surface area contributed by atoms with Crippen LogP contribution in [0.1, 0.15) is 20.7 Å². The summed E-state index contributed by atoms with van der Waals surface area (Å²) in [5, 5.41) is 15.7. The van der Waals surface area contributed by atoms with E-state index in [9.17, 15) is 9.59 Å². The van der Waals surface area contributed by atoms with E-state index in [4.69, 9.17) is 5.11 Å². The second kappa shape index (κ2) is 2.95. The van der Waals surface area contributed by atoms with Gasteiger partial charge in [0.05, 0.1) is 17.3 Å². The lowest BCUT2D eigenvalue weighted by Gasteiger charge is -1.99. The molecule has 1 aromatic carbocycles. The first-order valence-electron chi connectivity index (χ1n) is 3.88. The molecule has 0 unspecified atom stereocenters. The number of carboxylic acids is 1. The highest BCUT2D eigenvalue weighted by Gasteiger charge is 2.13. The summed E-state index contributed by atoms with van der Waals surface area (Å²) in [6.07, 6.45) is 1.97. The van der Waals surface area contributed by atoms with Gasteiger partial charge in [0.1, 0.15) is 0 Å². The summed E-state index contributed by atoms with van der Waals surface area (Å²) < 4.78 is 0. The van der Waals surface area contributed by atoms with Gasteiger partial charge in [-0.05, 0) is 12.1 Å². The lowest BCUT2D eigenvalue weighted by Crippen LogP contribution is -2.01. The third kappa shape index (κ3) is 1.06. The zero-order valence-electron chi connectivity index (χ0n) is 7.02. The molecule has 2 N–H and O–H groups in total. The molecule has 2 rings (SSSR count). The summed E-state index contributed by atoms with van der Waals surface area (Å²) >= 11 is 0. The van der Waals surface area contributed by atoms with Gasteiger partial charge < -0.3 is 5.11 Å². The third-order valence-corrected chi connectivity index (χ3v) is 2.01. The Bertz CT molecular complexity index is 516. The normalized spacial score (nSPS) is 10.3. The number of hydrogen-bond donors (Lipinski definition) is 2. The fourth-order valence-corrected chi connectivity index (χ4v) is 1.35. The van der Waals surface area contributed by atoms with Crippen molar-refractivity contribution in [2.75, 3.05) is 0 Å². The van der Waals surface area contributed by atoms with E-state index in [0.29, 0.717) is 17.2 Å². The van der Waals surface area contributed by atoms with Crippen LogP contribution in [-0.2, 0) is 0 Å². The number of aromatic carboxylic acids is 1. The largest absolute Gasteiger partial charge is 0.478 e. The second-order valence-electron chi connectivity index (χ2n) is 2.78. The molecular formula is C9H6N2O3. The second-order valence-corrected chi connectivity index (χ2v) is 2.78. The fourth-order valence-electron chi connectivity index (χ4n) is 1.35. The molecule has 0 saturated heterocycles. The summed E-state index contributed by atoms with van der Waals surface area (Å²) in [7, 11) is 0. The van der Waals surface area contributed by atoms with Crippen molar-refractivity contribution in [1.82, 2.24) is 10.2 Å². The first-order chi connectivity index (χ1) is 6.74. The Labute approximate surface area is 78.4 Å². The Morgan fingerprint density at radius 2 is 2.29 bits per heavy atom. The smallest absolute Gasteiger partial charge is 0.336 e. The summed E-state index contributed by atoms with van der Waals surface area (Å²) in [6, 6.07) is 2.96. The number of aldehydes is 1. The molecule has 70 valence electrons. The van der Waals surface area contributed by atoms with Crippen molar-refractivity contribution in [3.8, 4) is 0 Å². The molecule has 0 saturated carbocycles. The highest BCUT2D eigenvalue weighted by atomic mass is 16.4. The highest BCUT2D eigenvalue weighted by Crippen LogP contribution is 2.18. The first-order valence-corrected chi connectivity index (χ1v) is 3.88. The van der Waals surface area contributed by atoms with Crippen LogP contribution >= 0.6 is 0 Å². The molecule has 2 aromatic rings. The van der Waals surface area contributed by atoms with Gasteiger partial charge >= 0.3 is 5.97 Å². The summed E-state index contributed by atoms with van der Waals surface area (Å²) in [4.78, 5) is 21.5. The van der Waals surface area contributed by atoms with Crippen LogP contribution in [0.2, 0.25) is 0 Å². The minimum Gasteiger partial charge on any atom is -0.478 e. The number of H-pyrrole nitrogens is 1.